The molecule has 0 amide bonds. The fraction of sp³-hybridized carbons (Fsp3) is 1.00. The van der Waals surface area contributed by atoms with E-state index in [-0.39, 0.29) is 12.0 Å². The van der Waals surface area contributed by atoms with E-state index in [2.05, 4.69) is 6.92 Å². The van der Waals surface area contributed by atoms with E-state index in [1.807, 2.05) is 0 Å². The van der Waals surface area contributed by atoms with Gasteiger partial charge in [-0.05, 0) is 37.0 Å². The van der Waals surface area contributed by atoms with Gasteiger partial charge in [0, 0.05) is 0 Å². The quantitative estimate of drug-likeness (QED) is 0.709. The van der Waals surface area contributed by atoms with Crippen LogP contribution < -0.4 is 0 Å². The molecule has 0 aliphatic heterocycles. The van der Waals surface area contributed by atoms with Crippen molar-refractivity contribution in [3.05, 3.63) is 0 Å². The van der Waals surface area contributed by atoms with Gasteiger partial charge < -0.3 is 4.74 Å². The van der Waals surface area contributed by atoms with Crippen LogP contribution in [0.2, 0.25) is 0 Å². The van der Waals surface area contributed by atoms with Crippen molar-refractivity contribution in [2.45, 2.75) is 70.6 Å². The Morgan fingerprint density at radius 1 is 0.947 bits per heavy atom. The van der Waals surface area contributed by atoms with Gasteiger partial charge in [-0.1, -0.05) is 39.0 Å². The monoisotopic (exact) mass is 278 g/mol. The Morgan fingerprint density at radius 3 is 2.21 bits per heavy atom. The molecule has 2 aliphatic carbocycles. The van der Waals surface area contributed by atoms with Crippen molar-refractivity contribution in [1.82, 2.24) is 0 Å². The number of halogens is 3. The van der Waals surface area contributed by atoms with E-state index in [0.717, 1.165) is 31.1 Å². The highest BCUT2D eigenvalue weighted by molar-refractivity contribution is 4.83. The predicted molar refractivity (Wildman–Crippen MR) is 68.9 cm³/mol. The summed E-state index contributed by atoms with van der Waals surface area (Å²) >= 11 is 0. The van der Waals surface area contributed by atoms with E-state index in [4.69, 9.17) is 4.74 Å². The molecule has 2 aliphatic rings. The number of rotatable bonds is 3. The van der Waals surface area contributed by atoms with Crippen molar-refractivity contribution >= 4 is 0 Å². The first-order chi connectivity index (χ1) is 8.96. The zero-order chi connectivity index (χ0) is 13.9. The maximum atomic E-state index is 12.2. The summed E-state index contributed by atoms with van der Waals surface area (Å²) in [6.45, 7) is 0.964. The normalized spacial score (nSPS) is 34.4. The Morgan fingerprint density at radius 2 is 1.63 bits per heavy atom. The summed E-state index contributed by atoms with van der Waals surface area (Å²) in [6, 6.07) is 0. The van der Waals surface area contributed by atoms with Gasteiger partial charge in [0.05, 0.1) is 6.10 Å². The minimum absolute atomic E-state index is 0.193. The van der Waals surface area contributed by atoms with Crippen molar-refractivity contribution in [2.24, 2.45) is 17.8 Å². The number of ether oxygens (including phenoxy) is 1. The van der Waals surface area contributed by atoms with Crippen molar-refractivity contribution in [1.29, 1.82) is 0 Å². The average molecular weight is 278 g/mol. The molecular weight excluding hydrogens is 253 g/mol. The van der Waals surface area contributed by atoms with Crippen LogP contribution in [0.5, 0.6) is 0 Å². The lowest BCUT2D eigenvalue weighted by atomic mass is 9.70. The van der Waals surface area contributed by atoms with Crippen LogP contribution >= 0.6 is 0 Å². The summed E-state index contributed by atoms with van der Waals surface area (Å²) in [5.41, 5.74) is 0. The Hall–Kier alpha value is -0.250. The predicted octanol–water partition coefficient (Wildman–Crippen LogP) is 4.95. The third-order valence-corrected chi connectivity index (χ3v) is 4.91. The van der Waals surface area contributed by atoms with E-state index >= 15 is 0 Å². The molecule has 0 saturated heterocycles. The van der Waals surface area contributed by atoms with Gasteiger partial charge in [0.2, 0.25) is 0 Å². The molecule has 4 heteroatoms. The summed E-state index contributed by atoms with van der Waals surface area (Å²) in [4.78, 5) is 0. The Bertz CT molecular complexity index is 271. The van der Waals surface area contributed by atoms with Gasteiger partial charge in [-0.25, -0.2) is 0 Å². The van der Waals surface area contributed by atoms with Crippen LogP contribution in [0.1, 0.15) is 58.3 Å². The molecule has 0 spiro atoms. The van der Waals surface area contributed by atoms with E-state index < -0.39 is 12.8 Å². The lowest BCUT2D eigenvalue weighted by Crippen LogP contribution is -2.35. The zero-order valence-electron chi connectivity index (χ0n) is 11.7. The molecule has 2 rings (SSSR count). The van der Waals surface area contributed by atoms with Gasteiger partial charge in [-0.3, -0.25) is 0 Å². The van der Waals surface area contributed by atoms with E-state index in [0.29, 0.717) is 0 Å². The molecule has 2 saturated carbocycles. The van der Waals surface area contributed by atoms with E-state index in [1.54, 1.807) is 0 Å². The molecule has 0 N–H and O–H groups in total. The van der Waals surface area contributed by atoms with E-state index in [1.165, 1.54) is 32.1 Å². The van der Waals surface area contributed by atoms with Crippen molar-refractivity contribution in [2.75, 3.05) is 6.61 Å². The fourth-order valence-corrected chi connectivity index (χ4v) is 3.89. The smallest absolute Gasteiger partial charge is 0.369 e. The topological polar surface area (TPSA) is 9.23 Å². The summed E-state index contributed by atoms with van der Waals surface area (Å²) in [5.74, 6) is 1.81. The Kier molecular flexibility index (Phi) is 5.15. The SMILES string of the molecule is CC1CC(C2CCCCC2)CCC1OCC(F)(F)F. The minimum atomic E-state index is -4.19. The number of hydrogen-bond acceptors (Lipinski definition) is 1. The first kappa shape index (κ1) is 15.1. The summed E-state index contributed by atoms with van der Waals surface area (Å²) < 4.78 is 41.6. The maximum absolute atomic E-state index is 12.2. The molecule has 0 aromatic heterocycles. The van der Waals surface area contributed by atoms with Crippen LogP contribution in [0.15, 0.2) is 0 Å². The average Bonchev–Trinajstić information content (AvgIpc) is 2.37. The van der Waals surface area contributed by atoms with Gasteiger partial charge in [0.1, 0.15) is 6.61 Å². The van der Waals surface area contributed by atoms with Crippen molar-refractivity contribution in [3.8, 4) is 0 Å². The second-order valence-corrected chi connectivity index (χ2v) is 6.41. The van der Waals surface area contributed by atoms with Crippen LogP contribution in [0.3, 0.4) is 0 Å². The maximum Gasteiger partial charge on any atom is 0.411 e. The molecule has 19 heavy (non-hydrogen) atoms. The number of alkyl halides is 3. The molecule has 1 nitrogen and oxygen atoms in total. The number of hydrogen-bond donors (Lipinski definition) is 0. The Labute approximate surface area is 113 Å². The van der Waals surface area contributed by atoms with Gasteiger partial charge in [0.15, 0.2) is 0 Å². The molecular formula is C15H25F3O. The van der Waals surface area contributed by atoms with Gasteiger partial charge in [-0.2, -0.15) is 13.2 Å². The molecule has 0 aromatic carbocycles. The standard InChI is InChI=1S/C15H25F3O/c1-11-9-13(12-5-3-2-4-6-12)7-8-14(11)19-10-15(16,17)18/h11-14H,2-10H2,1H3. The second-order valence-electron chi connectivity index (χ2n) is 6.41. The van der Waals surface area contributed by atoms with Crippen LogP contribution in [-0.2, 0) is 4.74 Å². The summed E-state index contributed by atoms with van der Waals surface area (Å²) in [6.07, 6.45) is 5.20. The van der Waals surface area contributed by atoms with Crippen LogP contribution in [-0.4, -0.2) is 18.9 Å². The molecule has 2 fully saturated rings. The molecule has 3 unspecified atom stereocenters. The molecule has 0 heterocycles. The lowest BCUT2D eigenvalue weighted by Gasteiger charge is -2.39. The largest absolute Gasteiger partial charge is 0.411 e. The highest BCUT2D eigenvalue weighted by Gasteiger charge is 2.35. The first-order valence-corrected chi connectivity index (χ1v) is 7.64. The second kappa shape index (κ2) is 6.47. The lowest BCUT2D eigenvalue weighted by molar-refractivity contribution is -0.194. The molecule has 112 valence electrons. The Balaban J connectivity index is 1.77. The fourth-order valence-electron chi connectivity index (χ4n) is 3.89. The molecule has 0 radical (unpaired) electrons. The summed E-state index contributed by atoms with van der Waals surface area (Å²) in [7, 11) is 0. The minimum Gasteiger partial charge on any atom is -0.369 e. The van der Waals surface area contributed by atoms with Crippen LogP contribution in [0, 0.1) is 17.8 Å². The molecule has 0 bridgehead atoms. The summed E-state index contributed by atoms with van der Waals surface area (Å²) in [5, 5.41) is 0. The highest BCUT2D eigenvalue weighted by Crippen LogP contribution is 2.41. The zero-order valence-corrected chi connectivity index (χ0v) is 11.7. The molecule has 0 aromatic rings. The van der Waals surface area contributed by atoms with E-state index in [9.17, 15) is 13.2 Å². The van der Waals surface area contributed by atoms with Crippen LogP contribution in [0.4, 0.5) is 13.2 Å². The van der Waals surface area contributed by atoms with Crippen LogP contribution in [0.25, 0.3) is 0 Å². The first-order valence-electron chi connectivity index (χ1n) is 7.64. The van der Waals surface area contributed by atoms with Gasteiger partial charge >= 0.3 is 6.18 Å². The van der Waals surface area contributed by atoms with Crippen molar-refractivity contribution < 1.29 is 17.9 Å². The third-order valence-electron chi connectivity index (χ3n) is 4.91. The highest BCUT2D eigenvalue weighted by atomic mass is 19.4. The molecule has 3 atom stereocenters. The van der Waals surface area contributed by atoms with Gasteiger partial charge in [-0.15, -0.1) is 0 Å². The van der Waals surface area contributed by atoms with Gasteiger partial charge in [0.25, 0.3) is 0 Å². The van der Waals surface area contributed by atoms with Crippen molar-refractivity contribution in [3.63, 3.8) is 0 Å². The third kappa shape index (κ3) is 4.66.